The molecule has 5 rings (SSSR count). The molecule has 3 heterocycles. The lowest BCUT2D eigenvalue weighted by Crippen LogP contribution is -2.54. The lowest BCUT2D eigenvalue weighted by Gasteiger charge is -2.39. The smallest absolute Gasteiger partial charge is 0.265 e. The Balaban J connectivity index is 1.39. The summed E-state index contributed by atoms with van der Waals surface area (Å²) in [6.45, 7) is 2.02. The van der Waals surface area contributed by atoms with E-state index in [2.05, 4.69) is 0 Å². The summed E-state index contributed by atoms with van der Waals surface area (Å²) in [5.41, 5.74) is 1.63. The number of fused-ring (bicyclic) bond motifs is 2. The van der Waals surface area contributed by atoms with Crippen molar-refractivity contribution in [2.45, 2.75) is 31.8 Å². The molecule has 0 spiro atoms. The number of para-hydroxylation sites is 2. The third kappa shape index (κ3) is 3.97. The van der Waals surface area contributed by atoms with Crippen LogP contribution in [0.3, 0.4) is 0 Å². The second kappa shape index (κ2) is 8.42. The Kier molecular flexibility index (Phi) is 5.48. The van der Waals surface area contributed by atoms with Gasteiger partial charge in [0, 0.05) is 18.1 Å². The van der Waals surface area contributed by atoms with E-state index in [9.17, 15) is 9.59 Å². The molecule has 0 N–H and O–H groups in total. The van der Waals surface area contributed by atoms with Crippen molar-refractivity contribution in [3.63, 3.8) is 0 Å². The fourth-order valence-corrected chi connectivity index (χ4v) is 4.83. The average molecular weight is 441 g/mol. The number of carbonyl (C=O) groups is 2. The first kappa shape index (κ1) is 20.2. The number of hydrogen-bond acceptors (Lipinski definition) is 4. The van der Waals surface area contributed by atoms with Crippen LogP contribution in [0.4, 0.5) is 5.69 Å². The highest BCUT2D eigenvalue weighted by atomic mass is 35.5. The summed E-state index contributed by atoms with van der Waals surface area (Å²) < 4.78 is 11.9. The van der Waals surface area contributed by atoms with E-state index in [1.807, 2.05) is 41.3 Å². The van der Waals surface area contributed by atoms with Gasteiger partial charge in [0.2, 0.25) is 5.91 Å². The number of amides is 2. The fourth-order valence-electron chi connectivity index (χ4n) is 4.63. The van der Waals surface area contributed by atoms with Gasteiger partial charge >= 0.3 is 0 Å². The number of hydrogen-bond donors (Lipinski definition) is 0. The molecule has 162 valence electrons. The molecule has 0 saturated carbocycles. The third-order valence-electron chi connectivity index (χ3n) is 6.26. The molecule has 6 nitrogen and oxygen atoms in total. The van der Waals surface area contributed by atoms with Gasteiger partial charge in [-0.2, -0.15) is 0 Å². The van der Waals surface area contributed by atoms with Gasteiger partial charge in [-0.1, -0.05) is 23.7 Å². The molecular weight excluding hydrogens is 416 g/mol. The van der Waals surface area contributed by atoms with Crippen LogP contribution in [-0.2, 0) is 16.0 Å². The molecule has 0 unspecified atom stereocenters. The van der Waals surface area contributed by atoms with Crippen LogP contribution in [0.2, 0.25) is 5.02 Å². The normalized spacial score (nSPS) is 22.6. The van der Waals surface area contributed by atoms with Crippen molar-refractivity contribution in [3.05, 3.63) is 53.1 Å². The molecule has 0 radical (unpaired) electrons. The van der Waals surface area contributed by atoms with E-state index in [0.717, 1.165) is 43.7 Å². The number of benzene rings is 2. The minimum Gasteiger partial charge on any atom is -0.492 e. The van der Waals surface area contributed by atoms with Gasteiger partial charge in [-0.3, -0.25) is 9.59 Å². The van der Waals surface area contributed by atoms with Crippen LogP contribution in [-0.4, -0.2) is 49.1 Å². The zero-order valence-electron chi connectivity index (χ0n) is 17.3. The molecule has 2 aromatic rings. The second-order valence-electron chi connectivity index (χ2n) is 8.37. The van der Waals surface area contributed by atoms with E-state index in [1.165, 1.54) is 0 Å². The van der Waals surface area contributed by atoms with Crippen molar-refractivity contribution in [1.82, 2.24) is 4.90 Å². The van der Waals surface area contributed by atoms with Crippen LogP contribution in [0.1, 0.15) is 24.8 Å². The van der Waals surface area contributed by atoms with Gasteiger partial charge in [0.15, 0.2) is 6.10 Å². The van der Waals surface area contributed by atoms with E-state index in [4.69, 9.17) is 21.1 Å². The maximum atomic E-state index is 13.6. The molecule has 1 saturated heterocycles. The molecule has 0 bridgehead atoms. The highest BCUT2D eigenvalue weighted by molar-refractivity contribution is 6.30. The molecule has 3 aliphatic heterocycles. The molecule has 3 aliphatic rings. The number of rotatable bonds is 2. The van der Waals surface area contributed by atoms with Crippen molar-refractivity contribution in [2.24, 2.45) is 5.92 Å². The van der Waals surface area contributed by atoms with Gasteiger partial charge < -0.3 is 19.3 Å². The monoisotopic (exact) mass is 440 g/mol. The minimum atomic E-state index is -0.691. The number of nitrogens with zero attached hydrogens (tertiary/aromatic N) is 2. The lowest BCUT2D eigenvalue weighted by molar-refractivity contribution is -0.139. The van der Waals surface area contributed by atoms with Gasteiger partial charge in [-0.15, -0.1) is 0 Å². The molecule has 0 aliphatic carbocycles. The maximum Gasteiger partial charge on any atom is 0.265 e. The van der Waals surface area contributed by atoms with E-state index >= 15 is 0 Å². The lowest BCUT2D eigenvalue weighted by atomic mass is 9.94. The van der Waals surface area contributed by atoms with Crippen LogP contribution in [0.15, 0.2) is 42.5 Å². The number of likely N-dealkylation sites (tertiary alicyclic amines) is 1. The van der Waals surface area contributed by atoms with Crippen LogP contribution >= 0.6 is 11.6 Å². The number of carbonyl (C=O) groups excluding carboxylic acids is 2. The Morgan fingerprint density at radius 2 is 1.77 bits per heavy atom. The first-order chi connectivity index (χ1) is 15.1. The van der Waals surface area contributed by atoms with Crippen molar-refractivity contribution in [1.29, 1.82) is 0 Å². The first-order valence-corrected chi connectivity index (χ1v) is 11.2. The van der Waals surface area contributed by atoms with Gasteiger partial charge in [0.05, 0.1) is 18.2 Å². The predicted molar refractivity (Wildman–Crippen MR) is 118 cm³/mol. The average Bonchev–Trinajstić information content (AvgIpc) is 2.82. The van der Waals surface area contributed by atoms with E-state index in [1.54, 1.807) is 11.0 Å². The van der Waals surface area contributed by atoms with Gasteiger partial charge in [0.25, 0.3) is 5.91 Å². The van der Waals surface area contributed by atoms with Crippen LogP contribution < -0.4 is 14.4 Å². The highest BCUT2D eigenvalue weighted by Gasteiger charge is 2.39. The molecule has 2 amide bonds. The molecule has 7 heteroatoms. The summed E-state index contributed by atoms with van der Waals surface area (Å²) in [4.78, 5) is 30.3. The quantitative estimate of drug-likeness (QED) is 0.714. The van der Waals surface area contributed by atoms with Crippen LogP contribution in [0.25, 0.3) is 0 Å². The Labute approximate surface area is 186 Å². The number of halogens is 1. The summed E-state index contributed by atoms with van der Waals surface area (Å²) >= 11 is 6.14. The number of piperidine rings is 1. The van der Waals surface area contributed by atoms with Gasteiger partial charge in [0.1, 0.15) is 18.1 Å². The molecule has 31 heavy (non-hydrogen) atoms. The first-order valence-electron chi connectivity index (χ1n) is 10.9. The minimum absolute atomic E-state index is 0.0379. The number of ether oxygens (including phenoxy) is 2. The zero-order valence-corrected chi connectivity index (χ0v) is 18.0. The second-order valence-corrected chi connectivity index (χ2v) is 8.81. The van der Waals surface area contributed by atoms with Crippen LogP contribution in [0, 0.1) is 5.92 Å². The SMILES string of the molecule is O=C([C@H]1CN(C(=O)[C@@H]2COc3ccc(Cl)cc3C2)c2ccccc2O1)N1CCCCC1. The standard InChI is InChI=1S/C24H25ClN2O4/c25-18-8-9-20-16(13-18)12-17(15-30-20)23(28)27-14-22(24(29)26-10-4-1-5-11-26)31-21-7-3-2-6-19(21)27/h2-3,6-9,13,17,22H,1,4-5,10-12,14-15H2/t17-,22+/m0/s1. The third-order valence-corrected chi connectivity index (χ3v) is 6.50. The molecular formula is C24H25ClN2O4. The summed E-state index contributed by atoms with van der Waals surface area (Å²) in [7, 11) is 0. The molecule has 2 aromatic carbocycles. The number of anilines is 1. The summed E-state index contributed by atoms with van der Waals surface area (Å²) in [5, 5.41) is 0.624. The largest absolute Gasteiger partial charge is 0.492 e. The highest BCUT2D eigenvalue weighted by Crippen LogP contribution is 2.37. The zero-order chi connectivity index (χ0) is 21.4. The van der Waals surface area contributed by atoms with E-state index in [-0.39, 0.29) is 24.3 Å². The fraction of sp³-hybridized carbons (Fsp3) is 0.417. The Morgan fingerprint density at radius 1 is 0.968 bits per heavy atom. The van der Waals surface area contributed by atoms with Crippen LogP contribution in [0.5, 0.6) is 11.5 Å². The van der Waals surface area contributed by atoms with Crippen molar-refractivity contribution >= 4 is 29.1 Å². The summed E-state index contributed by atoms with van der Waals surface area (Å²) in [5.74, 6) is 0.899. The topological polar surface area (TPSA) is 59.1 Å². The van der Waals surface area contributed by atoms with Crippen molar-refractivity contribution < 1.29 is 19.1 Å². The predicted octanol–water partition coefficient (Wildman–Crippen LogP) is 3.70. The summed E-state index contributed by atoms with van der Waals surface area (Å²) in [6, 6.07) is 12.9. The van der Waals surface area contributed by atoms with Gasteiger partial charge in [-0.25, -0.2) is 0 Å². The van der Waals surface area contributed by atoms with Crippen molar-refractivity contribution in [3.8, 4) is 11.5 Å². The van der Waals surface area contributed by atoms with Gasteiger partial charge in [-0.05, 0) is 61.6 Å². The molecule has 2 atom stereocenters. The Bertz CT molecular complexity index is 1000. The van der Waals surface area contributed by atoms with Crippen molar-refractivity contribution in [2.75, 3.05) is 31.1 Å². The van der Waals surface area contributed by atoms with E-state index in [0.29, 0.717) is 29.5 Å². The summed E-state index contributed by atoms with van der Waals surface area (Å²) in [6.07, 6.45) is 3.04. The molecule has 1 fully saturated rings. The maximum absolute atomic E-state index is 13.6. The molecule has 0 aromatic heterocycles. The Hall–Kier alpha value is -2.73. The van der Waals surface area contributed by atoms with E-state index < -0.39 is 6.10 Å². The Morgan fingerprint density at radius 3 is 2.61 bits per heavy atom.